The molecule has 1 aromatic carbocycles. The molecule has 0 aliphatic carbocycles. The van der Waals surface area contributed by atoms with E-state index in [9.17, 15) is 14.4 Å². The molecule has 0 bridgehead atoms. The smallest absolute Gasteiger partial charge is 0.372 e. The second kappa shape index (κ2) is 6.32. The summed E-state index contributed by atoms with van der Waals surface area (Å²) in [5.74, 6) is -3.10. The van der Waals surface area contributed by atoms with Crippen LogP contribution in [0.2, 0.25) is 0 Å². The monoisotopic (exact) mass is 275 g/mol. The molecule has 0 amide bonds. The molecule has 0 aromatic heterocycles. The van der Waals surface area contributed by atoms with Gasteiger partial charge in [-0.15, -0.1) is 0 Å². The van der Waals surface area contributed by atoms with Gasteiger partial charge in [-0.1, -0.05) is 0 Å². The standard InChI is InChI=1S/C15H17NO4/c17-13(10-14(18)15(19)20)11-4-6-12(7-5-11)16-8-2-1-3-9-16/h4-7H,1-3,8-10H2,(H,19,20). The van der Waals surface area contributed by atoms with Crippen molar-refractivity contribution in [2.45, 2.75) is 25.7 Å². The van der Waals surface area contributed by atoms with Crippen molar-refractivity contribution < 1.29 is 19.5 Å². The van der Waals surface area contributed by atoms with Crippen molar-refractivity contribution in [1.82, 2.24) is 0 Å². The minimum Gasteiger partial charge on any atom is -0.475 e. The molecule has 1 saturated heterocycles. The van der Waals surface area contributed by atoms with Gasteiger partial charge in [0, 0.05) is 24.3 Å². The van der Waals surface area contributed by atoms with Gasteiger partial charge in [-0.2, -0.15) is 0 Å². The molecule has 1 aliphatic heterocycles. The molecule has 2 rings (SSSR count). The van der Waals surface area contributed by atoms with Crippen LogP contribution >= 0.6 is 0 Å². The highest BCUT2D eigenvalue weighted by Crippen LogP contribution is 2.20. The zero-order valence-electron chi connectivity index (χ0n) is 11.2. The molecular formula is C15H17NO4. The van der Waals surface area contributed by atoms with Gasteiger partial charge in [0.25, 0.3) is 0 Å². The number of carbonyl (C=O) groups excluding carboxylic acids is 2. The Morgan fingerprint density at radius 2 is 1.60 bits per heavy atom. The molecule has 0 spiro atoms. The lowest BCUT2D eigenvalue weighted by molar-refractivity contribution is -0.148. The summed E-state index contributed by atoms with van der Waals surface area (Å²) in [4.78, 5) is 35.4. The molecule has 0 radical (unpaired) electrons. The van der Waals surface area contributed by atoms with Gasteiger partial charge in [-0.3, -0.25) is 9.59 Å². The Bertz CT molecular complexity index is 515. The summed E-state index contributed by atoms with van der Waals surface area (Å²) >= 11 is 0. The van der Waals surface area contributed by atoms with Crippen molar-refractivity contribution in [1.29, 1.82) is 0 Å². The zero-order chi connectivity index (χ0) is 14.5. The van der Waals surface area contributed by atoms with Crippen LogP contribution in [0.4, 0.5) is 5.69 Å². The van der Waals surface area contributed by atoms with E-state index in [1.165, 1.54) is 19.3 Å². The van der Waals surface area contributed by atoms with Crippen molar-refractivity contribution in [3.8, 4) is 0 Å². The van der Waals surface area contributed by atoms with E-state index in [2.05, 4.69) is 4.90 Å². The lowest BCUT2D eigenvalue weighted by Gasteiger charge is -2.28. The third-order valence-corrected chi connectivity index (χ3v) is 3.47. The Morgan fingerprint density at radius 1 is 1.00 bits per heavy atom. The van der Waals surface area contributed by atoms with E-state index in [-0.39, 0.29) is 0 Å². The molecule has 1 aromatic rings. The van der Waals surface area contributed by atoms with E-state index in [0.717, 1.165) is 18.8 Å². The van der Waals surface area contributed by atoms with E-state index in [1.807, 2.05) is 12.1 Å². The fraction of sp³-hybridized carbons (Fsp3) is 0.400. The number of anilines is 1. The highest BCUT2D eigenvalue weighted by Gasteiger charge is 2.18. The second-order valence-corrected chi connectivity index (χ2v) is 4.92. The van der Waals surface area contributed by atoms with Gasteiger partial charge >= 0.3 is 5.97 Å². The Morgan fingerprint density at radius 3 is 2.15 bits per heavy atom. The van der Waals surface area contributed by atoms with Crippen LogP contribution in [-0.2, 0) is 9.59 Å². The first-order valence-corrected chi connectivity index (χ1v) is 6.72. The Labute approximate surface area is 117 Å². The van der Waals surface area contributed by atoms with E-state index >= 15 is 0 Å². The highest BCUT2D eigenvalue weighted by molar-refractivity contribution is 6.37. The first kappa shape index (κ1) is 14.2. The van der Waals surface area contributed by atoms with Gasteiger partial charge in [-0.05, 0) is 43.5 Å². The van der Waals surface area contributed by atoms with Crippen LogP contribution in [0.15, 0.2) is 24.3 Å². The molecule has 1 fully saturated rings. The molecule has 1 aliphatic rings. The molecule has 0 unspecified atom stereocenters. The molecule has 1 N–H and O–H groups in total. The van der Waals surface area contributed by atoms with Gasteiger partial charge in [0.2, 0.25) is 5.78 Å². The Balaban J connectivity index is 2.02. The van der Waals surface area contributed by atoms with Gasteiger partial charge in [0.05, 0.1) is 6.42 Å². The maximum Gasteiger partial charge on any atom is 0.372 e. The number of aliphatic carboxylic acids is 1. The number of piperidine rings is 1. The van der Waals surface area contributed by atoms with Crippen LogP contribution in [0.3, 0.4) is 0 Å². The minimum atomic E-state index is -1.57. The third kappa shape index (κ3) is 3.44. The maximum absolute atomic E-state index is 11.7. The molecule has 106 valence electrons. The summed E-state index contributed by atoms with van der Waals surface area (Å²) in [7, 11) is 0. The largest absolute Gasteiger partial charge is 0.475 e. The van der Waals surface area contributed by atoms with Gasteiger partial charge in [0.1, 0.15) is 0 Å². The topological polar surface area (TPSA) is 74.7 Å². The average molecular weight is 275 g/mol. The van der Waals surface area contributed by atoms with Crippen LogP contribution in [-0.4, -0.2) is 35.7 Å². The molecule has 5 heteroatoms. The van der Waals surface area contributed by atoms with E-state index in [4.69, 9.17) is 5.11 Å². The van der Waals surface area contributed by atoms with Crippen molar-refractivity contribution >= 4 is 23.2 Å². The fourth-order valence-corrected chi connectivity index (χ4v) is 2.33. The molecule has 0 saturated carbocycles. The lowest BCUT2D eigenvalue weighted by Crippen LogP contribution is -2.29. The average Bonchev–Trinajstić information content (AvgIpc) is 2.48. The molecule has 20 heavy (non-hydrogen) atoms. The molecular weight excluding hydrogens is 258 g/mol. The number of hydrogen-bond acceptors (Lipinski definition) is 4. The SMILES string of the molecule is O=C(O)C(=O)CC(=O)c1ccc(N2CCCCC2)cc1. The molecule has 5 nitrogen and oxygen atoms in total. The summed E-state index contributed by atoms with van der Waals surface area (Å²) in [5.41, 5.74) is 1.44. The van der Waals surface area contributed by atoms with Crippen LogP contribution in [0.1, 0.15) is 36.0 Å². The van der Waals surface area contributed by atoms with Gasteiger partial charge in [0.15, 0.2) is 5.78 Å². The fourth-order valence-electron chi connectivity index (χ4n) is 2.33. The third-order valence-electron chi connectivity index (χ3n) is 3.47. The van der Waals surface area contributed by atoms with E-state index < -0.39 is 24.0 Å². The van der Waals surface area contributed by atoms with Crippen molar-refractivity contribution in [2.24, 2.45) is 0 Å². The van der Waals surface area contributed by atoms with Crippen LogP contribution in [0.25, 0.3) is 0 Å². The predicted octanol–water partition coefficient (Wildman–Crippen LogP) is 1.90. The van der Waals surface area contributed by atoms with Gasteiger partial charge in [-0.25, -0.2) is 4.79 Å². The first-order valence-electron chi connectivity index (χ1n) is 6.72. The summed E-state index contributed by atoms with van der Waals surface area (Å²) in [6, 6.07) is 7.01. The number of carboxylic acid groups (broad SMARTS) is 1. The maximum atomic E-state index is 11.7. The number of carboxylic acids is 1. The zero-order valence-corrected chi connectivity index (χ0v) is 11.2. The second-order valence-electron chi connectivity index (χ2n) is 4.92. The van der Waals surface area contributed by atoms with E-state index in [0.29, 0.717) is 5.56 Å². The number of hydrogen-bond donors (Lipinski definition) is 1. The van der Waals surface area contributed by atoms with Crippen molar-refractivity contribution in [3.63, 3.8) is 0 Å². The van der Waals surface area contributed by atoms with Gasteiger partial charge < -0.3 is 10.0 Å². The van der Waals surface area contributed by atoms with Crippen LogP contribution in [0, 0.1) is 0 Å². The summed E-state index contributed by atoms with van der Waals surface area (Å²) < 4.78 is 0. The normalized spacial score (nSPS) is 14.9. The molecule has 0 atom stereocenters. The number of rotatable bonds is 5. The highest BCUT2D eigenvalue weighted by atomic mass is 16.4. The Hall–Kier alpha value is -2.17. The first-order chi connectivity index (χ1) is 9.58. The van der Waals surface area contributed by atoms with Crippen LogP contribution < -0.4 is 4.90 Å². The quantitative estimate of drug-likeness (QED) is 0.504. The Kier molecular flexibility index (Phi) is 4.50. The number of benzene rings is 1. The number of carbonyl (C=O) groups is 3. The van der Waals surface area contributed by atoms with E-state index in [1.54, 1.807) is 12.1 Å². The van der Waals surface area contributed by atoms with Crippen molar-refractivity contribution in [2.75, 3.05) is 18.0 Å². The minimum absolute atomic E-state index is 0.375. The number of nitrogens with zero attached hydrogens (tertiary/aromatic N) is 1. The number of ketones is 2. The van der Waals surface area contributed by atoms with Crippen molar-refractivity contribution in [3.05, 3.63) is 29.8 Å². The van der Waals surface area contributed by atoms with Crippen LogP contribution in [0.5, 0.6) is 0 Å². The number of Topliss-reactive ketones (excluding diaryl/α,β-unsaturated/α-hetero) is 2. The lowest BCUT2D eigenvalue weighted by atomic mass is 10.0. The summed E-state index contributed by atoms with van der Waals surface area (Å²) in [6.07, 6.45) is 3.02. The summed E-state index contributed by atoms with van der Waals surface area (Å²) in [6.45, 7) is 2.04. The predicted molar refractivity (Wildman–Crippen MR) is 74.1 cm³/mol. The molecule has 1 heterocycles. The summed E-state index contributed by atoms with van der Waals surface area (Å²) in [5, 5.41) is 8.48.